The molecule has 0 amide bonds. The standard InChI is InChI=1S/C11H12F3NO5S/c1-2-15-21(18,19)7-3-4-9(8(5-7)10(16)17)20-6-11(12,13)14/h3-5,15H,2,6H2,1H3,(H,16,17). The Morgan fingerprint density at radius 1 is 1.38 bits per heavy atom. The number of alkyl halides is 3. The largest absolute Gasteiger partial charge is 0.483 e. The van der Waals surface area contributed by atoms with Crippen LogP contribution in [0, 0.1) is 0 Å². The number of sulfonamides is 1. The third kappa shape index (κ3) is 4.90. The Morgan fingerprint density at radius 3 is 2.48 bits per heavy atom. The number of carbonyl (C=O) groups is 1. The van der Waals surface area contributed by atoms with E-state index in [0.29, 0.717) is 0 Å². The number of rotatable bonds is 6. The van der Waals surface area contributed by atoms with Gasteiger partial charge in [-0.1, -0.05) is 6.92 Å². The second kappa shape index (κ2) is 6.31. The molecule has 0 aliphatic heterocycles. The molecule has 10 heteroatoms. The van der Waals surface area contributed by atoms with Gasteiger partial charge in [0.1, 0.15) is 11.3 Å². The van der Waals surface area contributed by atoms with E-state index in [1.54, 1.807) is 0 Å². The van der Waals surface area contributed by atoms with Gasteiger partial charge in [0.2, 0.25) is 10.0 Å². The molecule has 0 aliphatic carbocycles. The highest BCUT2D eigenvalue weighted by Gasteiger charge is 2.29. The molecule has 0 heterocycles. The summed E-state index contributed by atoms with van der Waals surface area (Å²) in [6, 6.07) is 2.58. The molecular formula is C11H12F3NO5S. The van der Waals surface area contributed by atoms with Crippen molar-refractivity contribution in [3.05, 3.63) is 23.8 Å². The second-order valence-electron chi connectivity index (χ2n) is 3.87. The third-order valence-corrected chi connectivity index (χ3v) is 3.76. The van der Waals surface area contributed by atoms with Crippen molar-refractivity contribution in [1.29, 1.82) is 0 Å². The minimum absolute atomic E-state index is 0.0804. The monoisotopic (exact) mass is 327 g/mol. The number of carboxylic acids is 1. The molecule has 0 saturated heterocycles. The van der Waals surface area contributed by atoms with E-state index in [0.717, 1.165) is 18.2 Å². The molecule has 0 radical (unpaired) electrons. The Balaban J connectivity index is 3.17. The van der Waals surface area contributed by atoms with Crippen molar-refractivity contribution >= 4 is 16.0 Å². The molecule has 21 heavy (non-hydrogen) atoms. The highest BCUT2D eigenvalue weighted by molar-refractivity contribution is 7.89. The van der Waals surface area contributed by atoms with E-state index in [-0.39, 0.29) is 11.4 Å². The lowest BCUT2D eigenvalue weighted by molar-refractivity contribution is -0.153. The van der Waals surface area contributed by atoms with Crippen LogP contribution in [0.3, 0.4) is 0 Å². The Bertz CT molecular complexity index is 627. The number of carboxylic acid groups (broad SMARTS) is 1. The molecule has 0 unspecified atom stereocenters. The maximum absolute atomic E-state index is 12.1. The minimum Gasteiger partial charge on any atom is -0.483 e. The topological polar surface area (TPSA) is 92.7 Å². The lowest BCUT2D eigenvalue weighted by Gasteiger charge is -2.12. The summed E-state index contributed by atoms with van der Waals surface area (Å²) in [7, 11) is -3.92. The molecule has 118 valence electrons. The van der Waals surface area contributed by atoms with E-state index >= 15 is 0 Å². The molecule has 0 aliphatic rings. The average Bonchev–Trinajstić information content (AvgIpc) is 2.35. The number of ether oxygens (including phenoxy) is 1. The molecule has 0 fully saturated rings. The first kappa shape index (κ1) is 17.2. The highest BCUT2D eigenvalue weighted by atomic mass is 32.2. The Labute approximate surface area is 118 Å². The van der Waals surface area contributed by atoms with Crippen LogP contribution in [0.15, 0.2) is 23.1 Å². The van der Waals surface area contributed by atoms with Gasteiger partial charge in [-0.2, -0.15) is 13.2 Å². The molecule has 6 nitrogen and oxygen atoms in total. The lowest BCUT2D eigenvalue weighted by atomic mass is 10.2. The summed E-state index contributed by atoms with van der Waals surface area (Å²) in [6.45, 7) is -0.0693. The maximum Gasteiger partial charge on any atom is 0.422 e. The minimum atomic E-state index is -4.63. The summed E-state index contributed by atoms with van der Waals surface area (Å²) in [5.74, 6) is -2.16. The molecule has 0 saturated carbocycles. The van der Waals surface area contributed by atoms with Gasteiger partial charge >= 0.3 is 12.1 Å². The van der Waals surface area contributed by atoms with Crippen LogP contribution in [0.25, 0.3) is 0 Å². The lowest BCUT2D eigenvalue weighted by Crippen LogP contribution is -2.24. The van der Waals surface area contributed by atoms with E-state index in [2.05, 4.69) is 9.46 Å². The van der Waals surface area contributed by atoms with Crippen molar-refractivity contribution in [3.63, 3.8) is 0 Å². The van der Waals surface area contributed by atoms with E-state index in [4.69, 9.17) is 5.11 Å². The first-order chi connectivity index (χ1) is 9.57. The summed E-state index contributed by atoms with van der Waals surface area (Å²) in [6.07, 6.45) is -4.63. The Morgan fingerprint density at radius 2 is 2.00 bits per heavy atom. The summed E-state index contributed by atoms with van der Waals surface area (Å²) in [5, 5.41) is 8.94. The summed E-state index contributed by atoms with van der Waals surface area (Å²) in [5.41, 5.74) is -0.668. The van der Waals surface area contributed by atoms with Crippen molar-refractivity contribution in [2.45, 2.75) is 18.0 Å². The van der Waals surface area contributed by atoms with Crippen LogP contribution in [-0.2, 0) is 10.0 Å². The number of halogens is 3. The molecule has 0 spiro atoms. The molecule has 0 bridgehead atoms. The van der Waals surface area contributed by atoms with E-state index in [1.807, 2.05) is 0 Å². The van der Waals surface area contributed by atoms with Crippen LogP contribution in [0.1, 0.15) is 17.3 Å². The van der Waals surface area contributed by atoms with E-state index in [9.17, 15) is 26.4 Å². The average molecular weight is 327 g/mol. The normalized spacial score (nSPS) is 12.2. The third-order valence-electron chi connectivity index (χ3n) is 2.22. The van der Waals surface area contributed by atoms with Crippen LogP contribution < -0.4 is 9.46 Å². The van der Waals surface area contributed by atoms with Gasteiger partial charge in [0.15, 0.2) is 6.61 Å². The van der Waals surface area contributed by atoms with Crippen molar-refractivity contribution in [2.24, 2.45) is 0 Å². The Kier molecular flexibility index (Phi) is 5.18. The number of hydrogen-bond acceptors (Lipinski definition) is 4. The molecule has 1 aromatic carbocycles. The number of benzene rings is 1. The zero-order valence-electron chi connectivity index (χ0n) is 10.8. The fourth-order valence-corrected chi connectivity index (χ4v) is 2.47. The summed E-state index contributed by atoms with van der Waals surface area (Å²) in [4.78, 5) is 10.6. The van der Waals surface area contributed by atoms with Gasteiger partial charge in [0.05, 0.1) is 4.90 Å². The predicted molar refractivity (Wildman–Crippen MR) is 65.8 cm³/mol. The molecule has 1 aromatic rings. The first-order valence-corrected chi connectivity index (χ1v) is 7.11. The molecule has 0 atom stereocenters. The molecular weight excluding hydrogens is 315 g/mol. The number of aromatic carboxylic acids is 1. The van der Waals surface area contributed by atoms with Crippen molar-refractivity contribution in [1.82, 2.24) is 4.72 Å². The van der Waals surface area contributed by atoms with Crippen molar-refractivity contribution in [3.8, 4) is 5.75 Å². The molecule has 2 N–H and O–H groups in total. The van der Waals surface area contributed by atoms with Crippen LogP contribution in [0.2, 0.25) is 0 Å². The van der Waals surface area contributed by atoms with Gasteiger partial charge in [-0.25, -0.2) is 17.9 Å². The van der Waals surface area contributed by atoms with Gasteiger partial charge in [0, 0.05) is 6.54 Å². The zero-order chi connectivity index (χ0) is 16.3. The highest BCUT2D eigenvalue weighted by Crippen LogP contribution is 2.25. The summed E-state index contributed by atoms with van der Waals surface area (Å²) >= 11 is 0. The number of hydrogen-bond donors (Lipinski definition) is 2. The van der Waals surface area contributed by atoms with Crippen LogP contribution >= 0.6 is 0 Å². The fraction of sp³-hybridized carbons (Fsp3) is 0.364. The van der Waals surface area contributed by atoms with Gasteiger partial charge in [-0.05, 0) is 18.2 Å². The SMILES string of the molecule is CCNS(=O)(=O)c1ccc(OCC(F)(F)F)c(C(=O)O)c1. The van der Waals surface area contributed by atoms with Crippen molar-refractivity contribution < 1.29 is 36.2 Å². The zero-order valence-corrected chi connectivity index (χ0v) is 11.6. The van der Waals surface area contributed by atoms with Crippen LogP contribution in [0.4, 0.5) is 13.2 Å². The van der Waals surface area contributed by atoms with Crippen molar-refractivity contribution in [2.75, 3.05) is 13.2 Å². The predicted octanol–water partition coefficient (Wildman–Crippen LogP) is 1.62. The first-order valence-electron chi connectivity index (χ1n) is 5.63. The quantitative estimate of drug-likeness (QED) is 0.828. The maximum atomic E-state index is 12.1. The van der Waals surface area contributed by atoms with Gasteiger partial charge in [-0.15, -0.1) is 0 Å². The molecule has 1 rings (SSSR count). The van der Waals surface area contributed by atoms with Crippen LogP contribution in [-0.4, -0.2) is 38.8 Å². The number of nitrogens with one attached hydrogen (secondary N) is 1. The van der Waals surface area contributed by atoms with Gasteiger partial charge < -0.3 is 9.84 Å². The summed E-state index contributed by atoms with van der Waals surface area (Å²) < 4.78 is 66.1. The Hall–Kier alpha value is -1.81. The van der Waals surface area contributed by atoms with Crippen LogP contribution in [0.5, 0.6) is 5.75 Å². The smallest absolute Gasteiger partial charge is 0.422 e. The van der Waals surface area contributed by atoms with E-state index in [1.165, 1.54) is 6.92 Å². The van der Waals surface area contributed by atoms with E-state index < -0.39 is 40.1 Å². The van der Waals surface area contributed by atoms with Gasteiger partial charge in [-0.3, -0.25) is 0 Å². The second-order valence-corrected chi connectivity index (χ2v) is 5.64. The molecule has 0 aromatic heterocycles. The van der Waals surface area contributed by atoms with Gasteiger partial charge in [0.25, 0.3) is 0 Å². The fourth-order valence-electron chi connectivity index (χ4n) is 1.40.